The topological polar surface area (TPSA) is 76.1 Å². The Labute approximate surface area is 229 Å². The molecule has 3 aromatic rings. The molecule has 10 heteroatoms. The van der Waals surface area contributed by atoms with Gasteiger partial charge in [0.05, 0.1) is 23.6 Å². The SMILES string of the molecule is CC(=O)O[C@@H](CN(CCCOc1cccc(CC(=O)O)c1)Cc1cccc(C(F)(F)F)c1Cl)c1ccccc1. The summed E-state index contributed by atoms with van der Waals surface area (Å²) in [5, 5.41) is 8.62. The van der Waals surface area contributed by atoms with E-state index in [1.807, 2.05) is 35.2 Å². The lowest BCUT2D eigenvalue weighted by molar-refractivity contribution is -0.148. The molecule has 6 nitrogen and oxygen atoms in total. The van der Waals surface area contributed by atoms with Crippen molar-refractivity contribution >= 4 is 23.5 Å². The third-order valence-electron chi connectivity index (χ3n) is 5.82. The summed E-state index contributed by atoms with van der Waals surface area (Å²) in [6.45, 7) is 2.26. The fourth-order valence-electron chi connectivity index (χ4n) is 4.11. The van der Waals surface area contributed by atoms with Gasteiger partial charge in [-0.15, -0.1) is 0 Å². The summed E-state index contributed by atoms with van der Waals surface area (Å²) < 4.78 is 51.7. The van der Waals surface area contributed by atoms with E-state index in [1.54, 1.807) is 30.3 Å². The van der Waals surface area contributed by atoms with Gasteiger partial charge in [-0.1, -0.05) is 66.2 Å². The summed E-state index contributed by atoms with van der Waals surface area (Å²) >= 11 is 6.17. The number of ether oxygens (including phenoxy) is 2. The normalized spacial score (nSPS) is 12.3. The first kappa shape index (κ1) is 30.0. The second-order valence-electron chi connectivity index (χ2n) is 8.94. The van der Waals surface area contributed by atoms with Crippen molar-refractivity contribution in [3.63, 3.8) is 0 Å². The van der Waals surface area contributed by atoms with Gasteiger partial charge in [-0.3, -0.25) is 14.5 Å². The fraction of sp³-hybridized carbons (Fsp3) is 0.310. The highest BCUT2D eigenvalue weighted by Gasteiger charge is 2.34. The van der Waals surface area contributed by atoms with Gasteiger partial charge in [-0.25, -0.2) is 0 Å². The van der Waals surface area contributed by atoms with E-state index in [1.165, 1.54) is 13.0 Å². The predicted octanol–water partition coefficient (Wildman–Crippen LogP) is 6.56. The van der Waals surface area contributed by atoms with Gasteiger partial charge in [0.25, 0.3) is 0 Å². The van der Waals surface area contributed by atoms with Crippen molar-refractivity contribution in [1.82, 2.24) is 4.90 Å². The van der Waals surface area contributed by atoms with E-state index in [0.717, 1.165) is 11.6 Å². The number of carboxylic acid groups (broad SMARTS) is 1. The summed E-state index contributed by atoms with van der Waals surface area (Å²) in [6, 6.07) is 19.7. The van der Waals surface area contributed by atoms with Crippen LogP contribution < -0.4 is 4.74 Å². The van der Waals surface area contributed by atoms with E-state index in [9.17, 15) is 22.8 Å². The van der Waals surface area contributed by atoms with Crippen LogP contribution in [-0.2, 0) is 33.5 Å². The lowest BCUT2D eigenvalue weighted by Crippen LogP contribution is -2.32. The van der Waals surface area contributed by atoms with Crippen molar-refractivity contribution in [2.24, 2.45) is 0 Å². The van der Waals surface area contributed by atoms with Crippen LogP contribution in [-0.4, -0.2) is 41.6 Å². The minimum atomic E-state index is -4.59. The van der Waals surface area contributed by atoms with Gasteiger partial charge in [0.1, 0.15) is 11.9 Å². The highest BCUT2D eigenvalue weighted by Crippen LogP contribution is 2.36. The van der Waals surface area contributed by atoms with Gasteiger partial charge in [0, 0.05) is 26.6 Å². The van der Waals surface area contributed by atoms with Crippen LogP contribution in [0.5, 0.6) is 5.75 Å². The van der Waals surface area contributed by atoms with Crippen molar-refractivity contribution in [3.8, 4) is 5.75 Å². The van der Waals surface area contributed by atoms with Gasteiger partial charge in [-0.2, -0.15) is 13.2 Å². The van der Waals surface area contributed by atoms with Crippen LogP contribution >= 0.6 is 11.6 Å². The number of carboxylic acids is 1. The number of alkyl halides is 3. The Kier molecular flexibility index (Phi) is 10.8. The van der Waals surface area contributed by atoms with Gasteiger partial charge in [-0.05, 0) is 41.3 Å². The first-order valence-electron chi connectivity index (χ1n) is 12.3. The Hall–Kier alpha value is -3.56. The highest BCUT2D eigenvalue weighted by atomic mass is 35.5. The summed E-state index contributed by atoms with van der Waals surface area (Å²) in [7, 11) is 0. The van der Waals surface area contributed by atoms with Gasteiger partial charge in [0.2, 0.25) is 0 Å². The van der Waals surface area contributed by atoms with Crippen LogP contribution in [0.1, 0.15) is 41.7 Å². The largest absolute Gasteiger partial charge is 0.494 e. The third-order valence-corrected chi connectivity index (χ3v) is 6.27. The van der Waals surface area contributed by atoms with E-state index < -0.39 is 29.8 Å². The molecule has 0 aliphatic heterocycles. The Balaban J connectivity index is 1.76. The molecule has 0 aromatic heterocycles. The molecular weight excluding hydrogens is 535 g/mol. The zero-order valence-electron chi connectivity index (χ0n) is 21.3. The Morgan fingerprint density at radius 1 is 1.03 bits per heavy atom. The zero-order valence-corrected chi connectivity index (χ0v) is 22.0. The molecule has 0 aliphatic carbocycles. The number of rotatable bonds is 13. The van der Waals surface area contributed by atoms with Gasteiger partial charge >= 0.3 is 18.1 Å². The van der Waals surface area contributed by atoms with Crippen LogP contribution in [0, 0.1) is 0 Å². The lowest BCUT2D eigenvalue weighted by atomic mass is 10.1. The molecule has 0 spiro atoms. The van der Waals surface area contributed by atoms with Gasteiger partial charge in [0.15, 0.2) is 0 Å². The number of hydrogen-bond donors (Lipinski definition) is 1. The number of carbonyl (C=O) groups excluding carboxylic acids is 1. The predicted molar refractivity (Wildman–Crippen MR) is 141 cm³/mol. The first-order chi connectivity index (χ1) is 18.5. The minimum Gasteiger partial charge on any atom is -0.494 e. The summed E-state index contributed by atoms with van der Waals surface area (Å²) in [6.07, 6.45) is -4.88. The first-order valence-corrected chi connectivity index (χ1v) is 12.6. The second kappa shape index (κ2) is 14.0. The van der Waals surface area contributed by atoms with Crippen molar-refractivity contribution in [2.45, 2.75) is 38.6 Å². The molecule has 1 atom stereocenters. The number of hydrogen-bond acceptors (Lipinski definition) is 5. The van der Waals surface area contributed by atoms with Crippen LogP contribution in [0.25, 0.3) is 0 Å². The molecule has 0 bridgehead atoms. The monoisotopic (exact) mass is 563 g/mol. The molecule has 0 radical (unpaired) electrons. The molecule has 1 N–H and O–H groups in total. The minimum absolute atomic E-state index is 0.0848. The maximum absolute atomic E-state index is 13.4. The molecule has 0 heterocycles. The Morgan fingerprint density at radius 2 is 1.74 bits per heavy atom. The third kappa shape index (κ3) is 9.60. The summed E-state index contributed by atoms with van der Waals surface area (Å²) in [5.41, 5.74) is 0.737. The lowest BCUT2D eigenvalue weighted by Gasteiger charge is -2.28. The summed E-state index contributed by atoms with van der Waals surface area (Å²) in [4.78, 5) is 24.7. The molecule has 0 fully saturated rings. The average Bonchev–Trinajstić information content (AvgIpc) is 2.86. The summed E-state index contributed by atoms with van der Waals surface area (Å²) in [5.74, 6) is -0.912. The maximum Gasteiger partial charge on any atom is 0.417 e. The van der Waals surface area contributed by atoms with E-state index in [-0.39, 0.29) is 31.1 Å². The molecule has 0 unspecified atom stereocenters. The van der Waals surface area contributed by atoms with Crippen molar-refractivity contribution in [3.05, 3.63) is 100 Å². The van der Waals surface area contributed by atoms with Crippen LogP contribution in [0.15, 0.2) is 72.8 Å². The van der Waals surface area contributed by atoms with Crippen molar-refractivity contribution in [1.29, 1.82) is 0 Å². The molecule has 0 amide bonds. The Morgan fingerprint density at radius 3 is 2.41 bits per heavy atom. The van der Waals surface area contributed by atoms with E-state index in [2.05, 4.69) is 0 Å². The second-order valence-corrected chi connectivity index (χ2v) is 9.32. The van der Waals surface area contributed by atoms with Crippen molar-refractivity contribution < 1.29 is 37.3 Å². The molecule has 0 saturated heterocycles. The van der Waals surface area contributed by atoms with Crippen LogP contribution in [0.2, 0.25) is 5.02 Å². The number of nitrogens with zero attached hydrogens (tertiary/aromatic N) is 1. The number of carbonyl (C=O) groups is 2. The van der Waals surface area contributed by atoms with Crippen LogP contribution in [0.4, 0.5) is 13.2 Å². The van der Waals surface area contributed by atoms with Crippen LogP contribution in [0.3, 0.4) is 0 Å². The molecule has 0 saturated carbocycles. The standard InChI is InChI=1S/C29H29ClF3NO5/c1-20(35)39-26(22-9-3-2-4-10-22)19-34(18-23-11-6-13-25(28(23)30)29(31,32)33)14-7-15-38-24-12-5-8-21(16-24)17-27(36)37/h2-6,8-13,16,26H,7,14-15,17-19H2,1H3,(H,36,37)/t26-/m0/s1. The molecule has 208 valence electrons. The Bertz CT molecular complexity index is 1250. The molecule has 3 aromatic carbocycles. The number of esters is 1. The smallest absolute Gasteiger partial charge is 0.417 e. The maximum atomic E-state index is 13.4. The van der Waals surface area contributed by atoms with E-state index in [4.69, 9.17) is 26.2 Å². The van der Waals surface area contributed by atoms with E-state index in [0.29, 0.717) is 29.8 Å². The number of benzene rings is 3. The zero-order chi connectivity index (χ0) is 28.4. The van der Waals surface area contributed by atoms with Gasteiger partial charge < -0.3 is 14.6 Å². The average molecular weight is 564 g/mol. The number of halogens is 4. The van der Waals surface area contributed by atoms with E-state index >= 15 is 0 Å². The molecular formula is C29H29ClF3NO5. The number of aliphatic carboxylic acids is 1. The highest BCUT2D eigenvalue weighted by molar-refractivity contribution is 6.32. The quantitative estimate of drug-likeness (QED) is 0.187. The molecule has 3 rings (SSSR count). The molecule has 39 heavy (non-hydrogen) atoms. The van der Waals surface area contributed by atoms with Crippen molar-refractivity contribution in [2.75, 3.05) is 19.7 Å². The fourth-order valence-corrected chi connectivity index (χ4v) is 4.40. The molecule has 0 aliphatic rings.